The Labute approximate surface area is 142 Å². The van der Waals surface area contributed by atoms with Gasteiger partial charge in [0.2, 0.25) is 0 Å². The summed E-state index contributed by atoms with van der Waals surface area (Å²) in [6.07, 6.45) is 0. The molecular formula is C19H23NO4. The van der Waals surface area contributed by atoms with Crippen LogP contribution in [0.1, 0.15) is 34.5 Å². The smallest absolute Gasteiger partial charge is 0.251 e. The van der Waals surface area contributed by atoms with E-state index in [9.17, 15) is 4.79 Å². The van der Waals surface area contributed by atoms with Crippen LogP contribution in [0.4, 0.5) is 0 Å². The van der Waals surface area contributed by atoms with Gasteiger partial charge in [0.15, 0.2) is 0 Å². The molecule has 0 fully saturated rings. The van der Waals surface area contributed by atoms with E-state index in [4.69, 9.17) is 14.2 Å². The Hall–Kier alpha value is -2.53. The molecule has 2 aromatic rings. The number of methoxy groups -OCH3 is 3. The molecule has 0 unspecified atom stereocenters. The van der Waals surface area contributed by atoms with Crippen LogP contribution < -0.4 is 14.8 Å². The summed E-state index contributed by atoms with van der Waals surface area (Å²) < 4.78 is 15.7. The van der Waals surface area contributed by atoms with E-state index < -0.39 is 0 Å². The minimum Gasteiger partial charge on any atom is -0.497 e. The Morgan fingerprint density at radius 3 is 2.54 bits per heavy atom. The van der Waals surface area contributed by atoms with Gasteiger partial charge in [-0.15, -0.1) is 0 Å². The number of hydrogen-bond acceptors (Lipinski definition) is 4. The van der Waals surface area contributed by atoms with Crippen LogP contribution in [-0.2, 0) is 11.3 Å². The van der Waals surface area contributed by atoms with Gasteiger partial charge in [0.25, 0.3) is 5.91 Å². The topological polar surface area (TPSA) is 56.8 Å². The third-order valence-electron chi connectivity index (χ3n) is 3.75. The Morgan fingerprint density at radius 1 is 1.08 bits per heavy atom. The van der Waals surface area contributed by atoms with Crippen molar-refractivity contribution in [1.29, 1.82) is 0 Å². The molecule has 0 bridgehead atoms. The molecule has 2 rings (SSSR count). The first-order valence-electron chi connectivity index (χ1n) is 7.69. The number of nitrogens with one attached hydrogen (secondary N) is 1. The third kappa shape index (κ3) is 4.26. The zero-order chi connectivity index (χ0) is 17.5. The zero-order valence-corrected chi connectivity index (χ0v) is 14.5. The van der Waals surface area contributed by atoms with Crippen LogP contribution >= 0.6 is 0 Å². The van der Waals surface area contributed by atoms with Crippen LogP contribution in [0.5, 0.6) is 11.5 Å². The van der Waals surface area contributed by atoms with Crippen molar-refractivity contribution in [2.24, 2.45) is 0 Å². The van der Waals surface area contributed by atoms with Gasteiger partial charge in [0.1, 0.15) is 11.5 Å². The van der Waals surface area contributed by atoms with E-state index in [1.165, 1.54) is 0 Å². The normalized spacial score (nSPS) is 11.7. The predicted molar refractivity (Wildman–Crippen MR) is 92.6 cm³/mol. The summed E-state index contributed by atoms with van der Waals surface area (Å²) in [6, 6.07) is 12.7. The molecule has 2 aromatic carbocycles. The fourth-order valence-electron chi connectivity index (χ4n) is 2.50. The lowest BCUT2D eigenvalue weighted by molar-refractivity contribution is 0.0939. The number of carbonyl (C=O) groups is 1. The van der Waals surface area contributed by atoms with E-state index in [1.54, 1.807) is 27.4 Å². The van der Waals surface area contributed by atoms with Crippen molar-refractivity contribution in [2.45, 2.75) is 19.6 Å². The van der Waals surface area contributed by atoms with E-state index in [-0.39, 0.29) is 11.9 Å². The minimum atomic E-state index is -0.228. The summed E-state index contributed by atoms with van der Waals surface area (Å²) in [5.41, 5.74) is 2.41. The second-order valence-corrected chi connectivity index (χ2v) is 5.44. The van der Waals surface area contributed by atoms with Crippen LogP contribution in [0.25, 0.3) is 0 Å². The van der Waals surface area contributed by atoms with Crippen LogP contribution in [0.15, 0.2) is 42.5 Å². The molecule has 24 heavy (non-hydrogen) atoms. The number of rotatable bonds is 7. The molecule has 0 spiro atoms. The van der Waals surface area contributed by atoms with Crippen LogP contribution in [0, 0.1) is 0 Å². The monoisotopic (exact) mass is 329 g/mol. The molecule has 1 atom stereocenters. The highest BCUT2D eigenvalue weighted by atomic mass is 16.5. The van der Waals surface area contributed by atoms with Gasteiger partial charge < -0.3 is 19.5 Å². The molecule has 1 amide bonds. The summed E-state index contributed by atoms with van der Waals surface area (Å²) in [4.78, 5) is 12.5. The molecule has 5 heteroatoms. The second-order valence-electron chi connectivity index (χ2n) is 5.44. The fourth-order valence-corrected chi connectivity index (χ4v) is 2.50. The number of carbonyl (C=O) groups excluding carboxylic acids is 1. The molecule has 0 heterocycles. The van der Waals surface area contributed by atoms with E-state index in [1.807, 2.05) is 43.3 Å². The molecule has 128 valence electrons. The van der Waals surface area contributed by atoms with Gasteiger partial charge >= 0.3 is 0 Å². The maximum Gasteiger partial charge on any atom is 0.251 e. The average Bonchev–Trinajstić information content (AvgIpc) is 2.61. The first kappa shape index (κ1) is 17.8. The third-order valence-corrected chi connectivity index (χ3v) is 3.75. The first-order valence-corrected chi connectivity index (χ1v) is 7.69. The molecule has 0 radical (unpaired) electrons. The van der Waals surface area contributed by atoms with Gasteiger partial charge in [-0.2, -0.15) is 0 Å². The Bertz CT molecular complexity index is 700. The van der Waals surface area contributed by atoms with Crippen molar-refractivity contribution < 1.29 is 19.0 Å². The fraction of sp³-hybridized carbons (Fsp3) is 0.316. The van der Waals surface area contributed by atoms with Crippen molar-refractivity contribution >= 4 is 5.91 Å². The molecule has 5 nitrogen and oxygen atoms in total. The second kappa shape index (κ2) is 8.36. The van der Waals surface area contributed by atoms with E-state index in [0.717, 1.165) is 11.1 Å². The number of hydrogen-bond donors (Lipinski definition) is 1. The predicted octanol–water partition coefficient (Wildman–Crippen LogP) is 3.34. The number of benzene rings is 2. The molecule has 0 aliphatic heterocycles. The van der Waals surface area contributed by atoms with Crippen LogP contribution in [0.3, 0.4) is 0 Å². The largest absolute Gasteiger partial charge is 0.497 e. The molecule has 0 saturated heterocycles. The highest BCUT2D eigenvalue weighted by Gasteiger charge is 2.16. The molecular weight excluding hydrogens is 306 g/mol. The zero-order valence-electron chi connectivity index (χ0n) is 14.5. The van der Waals surface area contributed by atoms with Crippen LogP contribution in [0.2, 0.25) is 0 Å². The molecule has 0 aliphatic carbocycles. The molecule has 0 aromatic heterocycles. The maximum atomic E-state index is 12.5. The Morgan fingerprint density at radius 2 is 1.88 bits per heavy atom. The van der Waals surface area contributed by atoms with Gasteiger partial charge in [0.05, 0.1) is 26.9 Å². The quantitative estimate of drug-likeness (QED) is 0.846. The molecule has 1 N–H and O–H groups in total. The number of amides is 1. The van der Waals surface area contributed by atoms with Gasteiger partial charge in [-0.05, 0) is 42.8 Å². The van der Waals surface area contributed by atoms with E-state index >= 15 is 0 Å². The maximum absolute atomic E-state index is 12.5. The summed E-state index contributed by atoms with van der Waals surface area (Å²) in [7, 11) is 4.84. The van der Waals surface area contributed by atoms with Crippen molar-refractivity contribution in [3.8, 4) is 11.5 Å². The van der Waals surface area contributed by atoms with Gasteiger partial charge in [-0.1, -0.05) is 12.1 Å². The minimum absolute atomic E-state index is 0.148. The summed E-state index contributed by atoms with van der Waals surface area (Å²) >= 11 is 0. The lowest BCUT2D eigenvalue weighted by Crippen LogP contribution is -2.27. The molecule has 0 saturated carbocycles. The first-order chi connectivity index (χ1) is 11.6. The van der Waals surface area contributed by atoms with Gasteiger partial charge in [-0.3, -0.25) is 4.79 Å². The summed E-state index contributed by atoms with van der Waals surface area (Å²) in [5.74, 6) is 1.27. The average molecular weight is 329 g/mol. The van der Waals surface area contributed by atoms with Crippen molar-refractivity contribution in [3.63, 3.8) is 0 Å². The van der Waals surface area contributed by atoms with Crippen molar-refractivity contribution in [3.05, 3.63) is 59.2 Å². The van der Waals surface area contributed by atoms with Gasteiger partial charge in [0, 0.05) is 18.2 Å². The SMILES string of the molecule is COCc1cccc(C(=O)N[C@H](C)c2cc(OC)ccc2OC)c1. The van der Waals surface area contributed by atoms with Crippen molar-refractivity contribution in [1.82, 2.24) is 5.32 Å². The Balaban J connectivity index is 2.18. The highest BCUT2D eigenvalue weighted by Crippen LogP contribution is 2.29. The summed E-state index contributed by atoms with van der Waals surface area (Å²) in [6.45, 7) is 2.38. The van der Waals surface area contributed by atoms with E-state index in [2.05, 4.69) is 5.32 Å². The van der Waals surface area contributed by atoms with Crippen molar-refractivity contribution in [2.75, 3.05) is 21.3 Å². The standard InChI is InChI=1S/C19H23NO4/c1-13(17-11-16(23-3)8-9-18(17)24-4)20-19(21)15-7-5-6-14(10-15)12-22-2/h5-11,13H,12H2,1-4H3,(H,20,21)/t13-/m1/s1. The van der Waals surface area contributed by atoms with Gasteiger partial charge in [-0.25, -0.2) is 0 Å². The lowest BCUT2D eigenvalue weighted by atomic mass is 10.1. The van der Waals surface area contributed by atoms with E-state index in [0.29, 0.717) is 23.7 Å². The van der Waals surface area contributed by atoms with Crippen LogP contribution in [-0.4, -0.2) is 27.2 Å². The Kier molecular flexibility index (Phi) is 6.21. The lowest BCUT2D eigenvalue weighted by Gasteiger charge is -2.18. The number of ether oxygens (including phenoxy) is 3. The summed E-state index contributed by atoms with van der Waals surface area (Å²) in [5, 5.41) is 2.99. The molecule has 0 aliphatic rings. The highest BCUT2D eigenvalue weighted by molar-refractivity contribution is 5.94.